The number of anilines is 1. The molecule has 1 aromatic heterocycles. The van der Waals surface area contributed by atoms with Gasteiger partial charge >= 0.3 is 0 Å². The monoisotopic (exact) mass is 474 g/mol. The molecule has 2 N–H and O–H groups in total. The molecular formula is C29H35FN4O. The van der Waals surface area contributed by atoms with Crippen LogP contribution in [0.5, 0.6) is 0 Å². The van der Waals surface area contributed by atoms with E-state index in [0.717, 1.165) is 66.8 Å². The van der Waals surface area contributed by atoms with Gasteiger partial charge in [0.2, 0.25) is 6.41 Å². The van der Waals surface area contributed by atoms with Gasteiger partial charge in [-0.05, 0) is 79.1 Å². The molecule has 0 unspecified atom stereocenters. The molecule has 1 saturated heterocycles. The summed E-state index contributed by atoms with van der Waals surface area (Å²) in [4.78, 5) is 17.6. The van der Waals surface area contributed by atoms with Crippen LogP contribution in [-0.4, -0.2) is 56.2 Å². The van der Waals surface area contributed by atoms with Gasteiger partial charge in [0.1, 0.15) is 12.5 Å². The van der Waals surface area contributed by atoms with Crippen molar-refractivity contribution in [1.29, 1.82) is 0 Å². The molecular weight excluding hydrogens is 439 g/mol. The molecule has 0 spiro atoms. The van der Waals surface area contributed by atoms with Crippen molar-refractivity contribution >= 4 is 12.2 Å². The summed E-state index contributed by atoms with van der Waals surface area (Å²) < 4.78 is 12.6. The van der Waals surface area contributed by atoms with E-state index in [1.165, 1.54) is 16.7 Å². The summed E-state index contributed by atoms with van der Waals surface area (Å²) in [7, 11) is 1.89. The van der Waals surface area contributed by atoms with Crippen molar-refractivity contribution in [2.45, 2.75) is 32.1 Å². The predicted octanol–water partition coefficient (Wildman–Crippen LogP) is 5.20. The van der Waals surface area contributed by atoms with Gasteiger partial charge < -0.3 is 15.5 Å². The number of hydrogen-bond donors (Lipinski definition) is 2. The quantitative estimate of drug-likeness (QED) is 0.313. The Morgan fingerprint density at radius 3 is 2.49 bits per heavy atom. The number of nitrogens with zero attached hydrogens (tertiary/aromatic N) is 2. The lowest BCUT2D eigenvalue weighted by atomic mass is 9.88. The Morgan fingerprint density at radius 2 is 1.80 bits per heavy atom. The molecule has 5 nitrogen and oxygen atoms in total. The van der Waals surface area contributed by atoms with Crippen molar-refractivity contribution in [2.75, 3.05) is 45.2 Å². The standard InChI is InChI=1S/C29H35FN4O/c1-21-3-4-26(17-25(21)9-13-32-20-35)28-18-27(19-33-29(28)31-2)23-7-5-22(6-8-23)24-10-14-34(15-11-24)16-12-30/h3-8,17-20,24H,9-16H2,1-2H3,(H,31,33)(H,32,35). The number of carbonyl (C=O) groups is 1. The second-order valence-corrected chi connectivity index (χ2v) is 9.26. The smallest absolute Gasteiger partial charge is 0.207 e. The highest BCUT2D eigenvalue weighted by atomic mass is 19.1. The van der Waals surface area contributed by atoms with Crippen molar-refractivity contribution < 1.29 is 9.18 Å². The fraction of sp³-hybridized carbons (Fsp3) is 0.379. The van der Waals surface area contributed by atoms with Gasteiger partial charge in [-0.1, -0.05) is 42.5 Å². The van der Waals surface area contributed by atoms with E-state index < -0.39 is 0 Å². The summed E-state index contributed by atoms with van der Waals surface area (Å²) in [5.41, 5.74) is 8.16. The average Bonchev–Trinajstić information content (AvgIpc) is 2.90. The summed E-state index contributed by atoms with van der Waals surface area (Å²) in [5, 5.41) is 5.98. The average molecular weight is 475 g/mol. The van der Waals surface area contributed by atoms with E-state index >= 15 is 0 Å². The first kappa shape index (κ1) is 24.9. The number of benzene rings is 2. The molecule has 0 saturated carbocycles. The largest absolute Gasteiger partial charge is 0.373 e. The van der Waals surface area contributed by atoms with Crippen LogP contribution in [-0.2, 0) is 11.2 Å². The fourth-order valence-corrected chi connectivity index (χ4v) is 4.97. The van der Waals surface area contributed by atoms with E-state index in [1.807, 2.05) is 13.2 Å². The van der Waals surface area contributed by atoms with Gasteiger partial charge in [0.25, 0.3) is 0 Å². The normalized spacial score (nSPS) is 14.6. The second kappa shape index (κ2) is 11.9. The number of carbonyl (C=O) groups excluding carboxylic acids is 1. The van der Waals surface area contributed by atoms with E-state index in [-0.39, 0.29) is 6.67 Å². The van der Waals surface area contributed by atoms with Gasteiger partial charge in [-0.25, -0.2) is 9.37 Å². The number of rotatable bonds is 10. The Bertz CT molecular complexity index is 1120. The molecule has 1 aliphatic heterocycles. The summed E-state index contributed by atoms with van der Waals surface area (Å²) >= 11 is 0. The molecule has 1 aliphatic rings. The van der Waals surface area contributed by atoms with Crippen molar-refractivity contribution in [3.8, 4) is 22.3 Å². The topological polar surface area (TPSA) is 57.3 Å². The lowest BCUT2D eigenvalue weighted by Crippen LogP contribution is -2.34. The molecule has 0 atom stereocenters. The van der Waals surface area contributed by atoms with Gasteiger partial charge in [0.05, 0.1) is 0 Å². The Balaban J connectivity index is 1.55. The highest BCUT2D eigenvalue weighted by Gasteiger charge is 2.20. The van der Waals surface area contributed by atoms with Crippen LogP contribution >= 0.6 is 0 Å². The van der Waals surface area contributed by atoms with Crippen molar-refractivity contribution in [2.24, 2.45) is 0 Å². The third-order valence-electron chi connectivity index (χ3n) is 7.11. The minimum atomic E-state index is -0.261. The maximum Gasteiger partial charge on any atom is 0.207 e. The fourth-order valence-electron chi connectivity index (χ4n) is 4.97. The van der Waals surface area contributed by atoms with Crippen LogP contribution in [0.4, 0.5) is 10.2 Å². The van der Waals surface area contributed by atoms with Gasteiger partial charge in [-0.15, -0.1) is 0 Å². The van der Waals surface area contributed by atoms with Crippen LogP contribution in [0.3, 0.4) is 0 Å². The molecule has 0 radical (unpaired) electrons. The van der Waals surface area contributed by atoms with Crippen LogP contribution in [0.1, 0.15) is 35.4 Å². The number of piperidine rings is 1. The Kier molecular flexibility index (Phi) is 8.48. The SMILES string of the molecule is CNc1ncc(-c2ccc(C3CCN(CCF)CC3)cc2)cc1-c1ccc(C)c(CCNC=O)c1. The molecule has 184 valence electrons. The minimum Gasteiger partial charge on any atom is -0.373 e. The summed E-state index contributed by atoms with van der Waals surface area (Å²) in [6.07, 6.45) is 5.62. The van der Waals surface area contributed by atoms with Gasteiger partial charge in [0, 0.05) is 37.5 Å². The Labute approximate surface area is 207 Å². The van der Waals surface area contributed by atoms with Gasteiger partial charge in [-0.3, -0.25) is 4.79 Å². The summed E-state index contributed by atoms with van der Waals surface area (Å²) in [6, 6.07) is 17.5. The number of nitrogens with one attached hydrogen (secondary N) is 2. The molecule has 2 heterocycles. The summed E-state index contributed by atoms with van der Waals surface area (Å²) in [5.74, 6) is 1.38. The number of aryl methyl sites for hydroxylation is 1. The number of pyridine rings is 1. The Hall–Kier alpha value is -3.25. The van der Waals surface area contributed by atoms with E-state index in [0.29, 0.717) is 19.0 Å². The van der Waals surface area contributed by atoms with Crippen molar-refractivity contribution in [1.82, 2.24) is 15.2 Å². The third kappa shape index (κ3) is 6.06. The minimum absolute atomic E-state index is 0.261. The van der Waals surface area contributed by atoms with Crippen LogP contribution in [0.25, 0.3) is 22.3 Å². The van der Waals surface area contributed by atoms with E-state index in [4.69, 9.17) is 4.98 Å². The molecule has 3 aromatic rings. The number of amides is 1. The van der Waals surface area contributed by atoms with Gasteiger partial charge in [0.15, 0.2) is 0 Å². The molecule has 35 heavy (non-hydrogen) atoms. The number of likely N-dealkylation sites (tertiary alicyclic amines) is 1. The van der Waals surface area contributed by atoms with E-state index in [2.05, 4.69) is 71.0 Å². The molecule has 4 rings (SSSR count). The molecule has 1 fully saturated rings. The number of hydrogen-bond acceptors (Lipinski definition) is 4. The van der Waals surface area contributed by atoms with Crippen molar-refractivity contribution in [3.05, 3.63) is 71.4 Å². The molecule has 2 aromatic carbocycles. The first-order valence-electron chi connectivity index (χ1n) is 12.5. The zero-order valence-corrected chi connectivity index (χ0v) is 20.7. The van der Waals surface area contributed by atoms with Crippen molar-refractivity contribution in [3.63, 3.8) is 0 Å². The van der Waals surface area contributed by atoms with E-state index in [9.17, 15) is 9.18 Å². The lowest BCUT2D eigenvalue weighted by Gasteiger charge is -2.31. The highest BCUT2D eigenvalue weighted by molar-refractivity contribution is 5.80. The summed E-state index contributed by atoms with van der Waals surface area (Å²) in [6.45, 7) is 4.95. The van der Waals surface area contributed by atoms with Crippen LogP contribution in [0.15, 0.2) is 54.7 Å². The molecule has 0 aliphatic carbocycles. The molecule has 0 bridgehead atoms. The first-order valence-corrected chi connectivity index (χ1v) is 12.5. The first-order chi connectivity index (χ1) is 17.1. The number of alkyl halides is 1. The highest BCUT2D eigenvalue weighted by Crippen LogP contribution is 2.34. The van der Waals surface area contributed by atoms with Gasteiger partial charge in [-0.2, -0.15) is 0 Å². The van der Waals surface area contributed by atoms with Crippen LogP contribution in [0, 0.1) is 6.92 Å². The lowest BCUT2D eigenvalue weighted by molar-refractivity contribution is -0.109. The number of aromatic nitrogens is 1. The maximum atomic E-state index is 12.6. The zero-order valence-electron chi connectivity index (χ0n) is 20.7. The predicted molar refractivity (Wildman–Crippen MR) is 142 cm³/mol. The van der Waals surface area contributed by atoms with Crippen LogP contribution < -0.4 is 10.6 Å². The molecule has 1 amide bonds. The molecule has 6 heteroatoms. The number of halogens is 1. The Morgan fingerprint density at radius 1 is 1.06 bits per heavy atom. The van der Waals surface area contributed by atoms with E-state index in [1.54, 1.807) is 0 Å². The third-order valence-corrected chi connectivity index (χ3v) is 7.11. The maximum absolute atomic E-state index is 12.6. The zero-order chi connectivity index (χ0) is 24.6. The van der Waals surface area contributed by atoms with Crippen LogP contribution in [0.2, 0.25) is 0 Å². The second-order valence-electron chi connectivity index (χ2n) is 9.26.